The number of nitrogens with one attached hydrogen (secondary N) is 1. The fourth-order valence-corrected chi connectivity index (χ4v) is 3.70. The third kappa shape index (κ3) is 3.31. The first-order valence-corrected chi connectivity index (χ1v) is 8.45. The summed E-state index contributed by atoms with van der Waals surface area (Å²) in [6.07, 6.45) is 6.28. The van der Waals surface area contributed by atoms with Gasteiger partial charge in [-0.15, -0.1) is 0 Å². The van der Waals surface area contributed by atoms with Gasteiger partial charge in [0.2, 0.25) is 0 Å². The zero-order valence-corrected chi connectivity index (χ0v) is 13.1. The summed E-state index contributed by atoms with van der Waals surface area (Å²) in [4.78, 5) is 2.58. The van der Waals surface area contributed by atoms with E-state index in [0.29, 0.717) is 12.1 Å². The molecule has 2 unspecified atom stereocenters. The molecule has 1 saturated heterocycles. The van der Waals surface area contributed by atoms with Crippen molar-refractivity contribution >= 4 is 0 Å². The Labute approximate surface area is 128 Å². The van der Waals surface area contributed by atoms with Gasteiger partial charge in [-0.2, -0.15) is 0 Å². The molecule has 3 nitrogen and oxygen atoms in total. The molecule has 2 fully saturated rings. The van der Waals surface area contributed by atoms with E-state index in [1.165, 1.54) is 44.2 Å². The molecular formula is C18H28N2O. The van der Waals surface area contributed by atoms with Crippen LogP contribution in [0.3, 0.4) is 0 Å². The van der Waals surface area contributed by atoms with Crippen LogP contribution in [-0.2, 0) is 5.54 Å². The van der Waals surface area contributed by atoms with Crippen LogP contribution in [0.1, 0.15) is 44.6 Å². The van der Waals surface area contributed by atoms with Crippen molar-refractivity contribution in [2.75, 3.05) is 19.7 Å². The lowest BCUT2D eigenvalue weighted by Crippen LogP contribution is -2.55. The molecule has 1 saturated carbocycles. The van der Waals surface area contributed by atoms with Crippen molar-refractivity contribution in [3.05, 3.63) is 35.9 Å². The molecule has 3 heteroatoms. The van der Waals surface area contributed by atoms with E-state index in [9.17, 15) is 5.11 Å². The van der Waals surface area contributed by atoms with Gasteiger partial charge in [0.25, 0.3) is 0 Å². The third-order valence-corrected chi connectivity index (χ3v) is 5.10. The topological polar surface area (TPSA) is 35.5 Å². The third-order valence-electron chi connectivity index (χ3n) is 5.10. The summed E-state index contributed by atoms with van der Waals surface area (Å²) in [7, 11) is 0. The Morgan fingerprint density at radius 1 is 1.24 bits per heavy atom. The molecule has 2 N–H and O–H groups in total. The van der Waals surface area contributed by atoms with Crippen LogP contribution < -0.4 is 5.32 Å². The minimum absolute atomic E-state index is 0.167. The number of hydrogen-bond donors (Lipinski definition) is 2. The number of hydrogen-bond acceptors (Lipinski definition) is 3. The molecule has 1 aromatic rings. The molecule has 1 aromatic carbocycles. The van der Waals surface area contributed by atoms with Crippen LogP contribution in [0.4, 0.5) is 0 Å². The number of benzene rings is 1. The zero-order chi connectivity index (χ0) is 14.7. The Hall–Kier alpha value is -0.900. The maximum absolute atomic E-state index is 10.2. The zero-order valence-electron chi connectivity index (χ0n) is 13.1. The van der Waals surface area contributed by atoms with Gasteiger partial charge in [-0.05, 0) is 44.2 Å². The number of likely N-dealkylation sites (tertiary alicyclic amines) is 1. The van der Waals surface area contributed by atoms with E-state index < -0.39 is 0 Å². The quantitative estimate of drug-likeness (QED) is 0.809. The summed E-state index contributed by atoms with van der Waals surface area (Å²) < 4.78 is 0. The van der Waals surface area contributed by atoms with Crippen molar-refractivity contribution in [3.63, 3.8) is 0 Å². The Morgan fingerprint density at radius 2 is 2.00 bits per heavy atom. The highest BCUT2D eigenvalue weighted by Gasteiger charge is 2.40. The van der Waals surface area contributed by atoms with Crippen molar-refractivity contribution < 1.29 is 5.11 Å². The summed E-state index contributed by atoms with van der Waals surface area (Å²) in [5, 5.41) is 14.0. The van der Waals surface area contributed by atoms with E-state index in [0.717, 1.165) is 6.54 Å². The first kappa shape index (κ1) is 15.0. The van der Waals surface area contributed by atoms with E-state index in [2.05, 4.69) is 41.4 Å². The van der Waals surface area contributed by atoms with Gasteiger partial charge in [0.1, 0.15) is 0 Å². The number of aliphatic hydroxyl groups excluding tert-OH is 1. The smallest absolute Gasteiger partial charge is 0.0800 e. The molecule has 21 heavy (non-hydrogen) atoms. The van der Waals surface area contributed by atoms with E-state index in [1.807, 2.05) is 6.07 Å². The number of aliphatic hydroxyl groups is 1. The van der Waals surface area contributed by atoms with Crippen LogP contribution in [0, 0.1) is 0 Å². The average molecular weight is 288 g/mol. The van der Waals surface area contributed by atoms with Gasteiger partial charge in [-0.3, -0.25) is 4.90 Å². The molecule has 116 valence electrons. The second-order valence-electron chi connectivity index (χ2n) is 6.70. The number of nitrogens with zero attached hydrogens (tertiary/aromatic N) is 1. The summed E-state index contributed by atoms with van der Waals surface area (Å²) in [5.41, 5.74) is 0.918. The van der Waals surface area contributed by atoms with Gasteiger partial charge in [0, 0.05) is 18.6 Å². The van der Waals surface area contributed by atoms with Crippen molar-refractivity contribution in [2.45, 2.75) is 56.7 Å². The monoisotopic (exact) mass is 288 g/mol. The maximum atomic E-state index is 10.2. The van der Waals surface area contributed by atoms with Crippen molar-refractivity contribution in [3.8, 4) is 0 Å². The second-order valence-corrected chi connectivity index (χ2v) is 6.70. The van der Waals surface area contributed by atoms with Gasteiger partial charge < -0.3 is 10.4 Å². The first-order chi connectivity index (χ1) is 10.3. The van der Waals surface area contributed by atoms with E-state index in [4.69, 9.17) is 0 Å². The highest BCUT2D eigenvalue weighted by molar-refractivity contribution is 5.26. The molecule has 0 amide bonds. The highest BCUT2D eigenvalue weighted by atomic mass is 16.3. The summed E-state index contributed by atoms with van der Waals surface area (Å²) in [5.74, 6) is 0. The van der Waals surface area contributed by atoms with Crippen LogP contribution in [0.2, 0.25) is 0 Å². The summed E-state index contributed by atoms with van der Waals surface area (Å²) in [6.45, 7) is 4.53. The van der Waals surface area contributed by atoms with E-state index >= 15 is 0 Å². The molecule has 2 aliphatic rings. The molecule has 3 rings (SSSR count). The molecule has 0 bridgehead atoms. The van der Waals surface area contributed by atoms with Gasteiger partial charge >= 0.3 is 0 Å². The van der Waals surface area contributed by atoms with Crippen molar-refractivity contribution in [2.24, 2.45) is 0 Å². The lowest BCUT2D eigenvalue weighted by atomic mass is 9.89. The van der Waals surface area contributed by atoms with Crippen LogP contribution in [-0.4, -0.2) is 41.8 Å². The van der Waals surface area contributed by atoms with Crippen LogP contribution >= 0.6 is 0 Å². The van der Waals surface area contributed by atoms with Gasteiger partial charge in [0.05, 0.1) is 12.1 Å². The maximum Gasteiger partial charge on any atom is 0.0800 e. The Bertz CT molecular complexity index is 446. The minimum Gasteiger partial charge on any atom is -0.394 e. The molecular weight excluding hydrogens is 260 g/mol. The van der Waals surface area contributed by atoms with Gasteiger partial charge in [-0.25, -0.2) is 0 Å². The van der Waals surface area contributed by atoms with Gasteiger partial charge in [-0.1, -0.05) is 37.3 Å². The van der Waals surface area contributed by atoms with Crippen LogP contribution in [0.15, 0.2) is 30.3 Å². The van der Waals surface area contributed by atoms with E-state index in [-0.39, 0.29) is 12.1 Å². The molecule has 1 aliphatic carbocycles. The molecule has 0 spiro atoms. The Balaban J connectivity index is 1.84. The molecule has 1 aliphatic heterocycles. The predicted octanol–water partition coefficient (Wildman–Crippen LogP) is 2.50. The number of rotatable bonds is 7. The molecule has 0 radical (unpaired) electrons. The van der Waals surface area contributed by atoms with Crippen LogP contribution in [0.5, 0.6) is 0 Å². The molecule has 1 heterocycles. The summed E-state index contributed by atoms with van der Waals surface area (Å²) in [6, 6.07) is 11.8. The fraction of sp³-hybridized carbons (Fsp3) is 0.667. The minimum atomic E-state index is -0.305. The normalized spacial score (nSPS) is 25.9. The average Bonchev–Trinajstić information content (AvgIpc) is 3.23. The lowest BCUT2D eigenvalue weighted by molar-refractivity contribution is 0.0972. The highest BCUT2D eigenvalue weighted by Crippen LogP contribution is 2.32. The first-order valence-electron chi connectivity index (χ1n) is 8.45. The Kier molecular flexibility index (Phi) is 4.63. The standard InChI is InChI=1S/C18H28N2O/c1-2-17-9-6-12-20(17)13-18(14-21,19-16-10-11-16)15-7-4-3-5-8-15/h3-5,7-8,16-17,19,21H,2,6,9-14H2,1H3. The van der Waals surface area contributed by atoms with Crippen molar-refractivity contribution in [1.82, 2.24) is 10.2 Å². The second kappa shape index (κ2) is 6.47. The fourth-order valence-electron chi connectivity index (χ4n) is 3.70. The van der Waals surface area contributed by atoms with Crippen molar-refractivity contribution in [1.29, 1.82) is 0 Å². The van der Waals surface area contributed by atoms with Crippen LogP contribution in [0.25, 0.3) is 0 Å². The SMILES string of the molecule is CCC1CCCN1CC(CO)(NC1CC1)c1ccccc1. The van der Waals surface area contributed by atoms with Gasteiger partial charge in [0.15, 0.2) is 0 Å². The summed E-state index contributed by atoms with van der Waals surface area (Å²) >= 11 is 0. The largest absolute Gasteiger partial charge is 0.394 e. The molecule has 0 aromatic heterocycles. The molecule has 2 atom stereocenters. The Morgan fingerprint density at radius 3 is 2.62 bits per heavy atom. The van der Waals surface area contributed by atoms with E-state index in [1.54, 1.807) is 0 Å². The lowest BCUT2D eigenvalue weighted by Gasteiger charge is -2.39. The predicted molar refractivity (Wildman–Crippen MR) is 86.2 cm³/mol.